The molecule has 0 aliphatic rings. The molecule has 3 N–H and O–H groups in total. The quantitative estimate of drug-likeness (QED) is 0.682. The Labute approximate surface area is 120 Å². The van der Waals surface area contributed by atoms with E-state index in [2.05, 4.69) is 0 Å². The minimum atomic E-state index is -0.959. The molecule has 1 aromatic rings. The SMILES string of the molecule is N[C@@H](Cc1ccccc1)C(=O)O.[KH]. The summed E-state index contributed by atoms with van der Waals surface area (Å²) in [5.41, 5.74) is 6.30. The van der Waals surface area contributed by atoms with Crippen LogP contribution in [0.1, 0.15) is 5.56 Å². The fourth-order valence-electron chi connectivity index (χ4n) is 0.955. The van der Waals surface area contributed by atoms with Gasteiger partial charge < -0.3 is 10.8 Å². The number of carbonyl (C=O) groups is 1. The average Bonchev–Trinajstić information content (AvgIpc) is 2.06. The molecule has 0 heterocycles. The van der Waals surface area contributed by atoms with Gasteiger partial charge in [0.2, 0.25) is 0 Å². The van der Waals surface area contributed by atoms with E-state index in [1.165, 1.54) is 0 Å². The van der Waals surface area contributed by atoms with Gasteiger partial charge in [-0.3, -0.25) is 4.79 Å². The van der Waals surface area contributed by atoms with E-state index in [9.17, 15) is 4.79 Å². The molecule has 0 aliphatic heterocycles. The Kier molecular flexibility index (Phi) is 6.85. The van der Waals surface area contributed by atoms with Gasteiger partial charge in [0, 0.05) is 0 Å². The third kappa shape index (κ3) is 4.90. The first-order valence-corrected chi connectivity index (χ1v) is 3.72. The number of carboxylic acids is 1. The second-order valence-electron chi connectivity index (χ2n) is 2.63. The van der Waals surface area contributed by atoms with Crippen LogP contribution in [0.3, 0.4) is 0 Å². The molecule has 3 nitrogen and oxygen atoms in total. The van der Waals surface area contributed by atoms with Gasteiger partial charge in [0.05, 0.1) is 0 Å². The van der Waals surface area contributed by atoms with Crippen LogP contribution in [0.25, 0.3) is 0 Å². The van der Waals surface area contributed by atoms with E-state index in [4.69, 9.17) is 10.8 Å². The molecule has 0 amide bonds. The maximum absolute atomic E-state index is 10.4. The van der Waals surface area contributed by atoms with Crippen LogP contribution < -0.4 is 5.73 Å². The summed E-state index contributed by atoms with van der Waals surface area (Å²) < 4.78 is 0. The number of benzene rings is 1. The Bertz CT molecular complexity index is 264. The van der Waals surface area contributed by atoms with Crippen molar-refractivity contribution in [1.82, 2.24) is 0 Å². The van der Waals surface area contributed by atoms with Crippen molar-refractivity contribution in [2.75, 3.05) is 0 Å². The van der Waals surface area contributed by atoms with Gasteiger partial charge in [-0.25, -0.2) is 0 Å². The van der Waals surface area contributed by atoms with Crippen LogP contribution in [0.15, 0.2) is 30.3 Å². The summed E-state index contributed by atoms with van der Waals surface area (Å²) in [6.45, 7) is 0. The average molecular weight is 205 g/mol. The summed E-state index contributed by atoms with van der Waals surface area (Å²) in [5.74, 6) is -0.959. The third-order valence-electron chi connectivity index (χ3n) is 1.62. The maximum atomic E-state index is 10.4. The molecular weight excluding hydrogens is 193 g/mol. The second-order valence-corrected chi connectivity index (χ2v) is 2.63. The Morgan fingerprint density at radius 2 is 1.92 bits per heavy atom. The Balaban J connectivity index is 0.00000144. The Morgan fingerprint density at radius 1 is 1.38 bits per heavy atom. The van der Waals surface area contributed by atoms with Crippen LogP contribution >= 0.6 is 0 Å². The first-order chi connectivity index (χ1) is 5.70. The van der Waals surface area contributed by atoms with Gasteiger partial charge in [0.1, 0.15) is 6.04 Å². The van der Waals surface area contributed by atoms with Crippen molar-refractivity contribution in [3.8, 4) is 0 Å². The van der Waals surface area contributed by atoms with Gasteiger partial charge in [0.25, 0.3) is 0 Å². The van der Waals surface area contributed by atoms with Crippen molar-refractivity contribution in [2.45, 2.75) is 12.5 Å². The first-order valence-electron chi connectivity index (χ1n) is 3.72. The van der Waals surface area contributed by atoms with E-state index in [-0.39, 0.29) is 51.4 Å². The van der Waals surface area contributed by atoms with E-state index in [0.29, 0.717) is 6.42 Å². The summed E-state index contributed by atoms with van der Waals surface area (Å²) in [6.07, 6.45) is 0.385. The molecule has 1 aromatic carbocycles. The number of carboxylic acid groups (broad SMARTS) is 1. The zero-order valence-corrected chi connectivity index (χ0v) is 6.60. The van der Waals surface area contributed by atoms with Gasteiger partial charge in [-0.15, -0.1) is 0 Å². The van der Waals surface area contributed by atoms with Gasteiger partial charge in [-0.2, -0.15) is 0 Å². The Hall–Kier alpha value is 0.286. The standard InChI is InChI=1S/C9H11NO2.K.H/c10-8(9(11)12)6-7-4-2-1-3-5-7;;/h1-5,8H,6,10H2,(H,11,12);;/t8-;;/m0../s1. The third-order valence-corrected chi connectivity index (χ3v) is 1.62. The Morgan fingerprint density at radius 3 is 2.38 bits per heavy atom. The van der Waals surface area contributed by atoms with E-state index in [0.717, 1.165) is 5.56 Å². The number of rotatable bonds is 3. The molecule has 4 heteroatoms. The molecule has 0 saturated carbocycles. The van der Waals surface area contributed by atoms with E-state index < -0.39 is 12.0 Å². The summed E-state index contributed by atoms with van der Waals surface area (Å²) in [4.78, 5) is 10.4. The van der Waals surface area contributed by atoms with Crippen molar-refractivity contribution in [1.29, 1.82) is 0 Å². The second kappa shape index (κ2) is 6.70. The fourth-order valence-corrected chi connectivity index (χ4v) is 0.955. The van der Waals surface area contributed by atoms with Gasteiger partial charge in [0.15, 0.2) is 0 Å². The zero-order valence-electron chi connectivity index (χ0n) is 6.60. The molecule has 0 saturated heterocycles. The summed E-state index contributed by atoms with van der Waals surface area (Å²) in [7, 11) is 0. The molecule has 0 unspecified atom stereocenters. The molecule has 0 spiro atoms. The van der Waals surface area contributed by atoms with Crippen LogP contribution in [-0.4, -0.2) is 68.5 Å². The molecule has 0 fully saturated rings. The monoisotopic (exact) mass is 205 g/mol. The molecule has 0 aromatic heterocycles. The molecule has 13 heavy (non-hydrogen) atoms. The van der Waals surface area contributed by atoms with Crippen LogP contribution in [0, 0.1) is 0 Å². The van der Waals surface area contributed by atoms with Crippen LogP contribution in [0.2, 0.25) is 0 Å². The zero-order chi connectivity index (χ0) is 8.97. The van der Waals surface area contributed by atoms with E-state index in [1.54, 1.807) is 0 Å². The van der Waals surface area contributed by atoms with Crippen molar-refractivity contribution in [3.63, 3.8) is 0 Å². The molecule has 66 valence electrons. The fraction of sp³-hybridized carbons (Fsp3) is 0.222. The van der Waals surface area contributed by atoms with Crippen LogP contribution in [-0.2, 0) is 11.2 Å². The van der Waals surface area contributed by atoms with Crippen molar-refractivity contribution in [2.24, 2.45) is 5.73 Å². The minimum absolute atomic E-state index is 0. The molecule has 0 radical (unpaired) electrons. The molecule has 0 bridgehead atoms. The molecule has 0 aliphatic carbocycles. The number of hydrogen-bond donors (Lipinski definition) is 2. The van der Waals surface area contributed by atoms with Gasteiger partial charge in [-0.05, 0) is 12.0 Å². The molecular formula is C9H12KNO2. The summed E-state index contributed by atoms with van der Waals surface area (Å²) >= 11 is 0. The predicted molar refractivity (Wildman–Crippen MR) is 52.9 cm³/mol. The topological polar surface area (TPSA) is 63.3 Å². The normalized spacial score (nSPS) is 11.5. The molecule has 1 rings (SSSR count). The number of hydrogen-bond acceptors (Lipinski definition) is 2. The first kappa shape index (κ1) is 13.3. The van der Waals surface area contributed by atoms with E-state index in [1.807, 2.05) is 30.3 Å². The van der Waals surface area contributed by atoms with E-state index >= 15 is 0 Å². The van der Waals surface area contributed by atoms with Crippen molar-refractivity contribution >= 4 is 57.4 Å². The summed E-state index contributed by atoms with van der Waals surface area (Å²) in [5, 5.41) is 8.52. The predicted octanol–water partition coefficient (Wildman–Crippen LogP) is -0.00750. The van der Waals surface area contributed by atoms with Crippen LogP contribution in [0.5, 0.6) is 0 Å². The number of nitrogens with two attached hydrogens (primary N) is 1. The van der Waals surface area contributed by atoms with Crippen LogP contribution in [0.4, 0.5) is 0 Å². The van der Waals surface area contributed by atoms with Crippen molar-refractivity contribution in [3.05, 3.63) is 35.9 Å². The van der Waals surface area contributed by atoms with Gasteiger partial charge in [-0.1, -0.05) is 30.3 Å². The van der Waals surface area contributed by atoms with Gasteiger partial charge >= 0.3 is 57.4 Å². The van der Waals surface area contributed by atoms with Crippen molar-refractivity contribution < 1.29 is 9.90 Å². The number of aliphatic carboxylic acids is 1. The summed E-state index contributed by atoms with van der Waals surface area (Å²) in [6, 6.07) is 8.54. The molecule has 1 atom stereocenters.